The summed E-state index contributed by atoms with van der Waals surface area (Å²) < 4.78 is 5.30. The Labute approximate surface area is 103 Å². The minimum Gasteiger partial charge on any atom is -0.480 e. The van der Waals surface area contributed by atoms with Crippen LogP contribution >= 0.6 is 0 Å². The molecule has 0 saturated carbocycles. The Hall–Kier alpha value is -0.650. The molecule has 1 atom stereocenters. The van der Waals surface area contributed by atoms with Crippen molar-refractivity contribution in [2.75, 3.05) is 19.7 Å². The van der Waals surface area contributed by atoms with E-state index < -0.39 is 12.1 Å². The van der Waals surface area contributed by atoms with E-state index in [1.807, 2.05) is 34.6 Å². The second kappa shape index (κ2) is 6.93. The number of hydrogen-bond donors (Lipinski definition) is 2. The van der Waals surface area contributed by atoms with Crippen LogP contribution in [0.4, 0.5) is 0 Å². The van der Waals surface area contributed by atoms with Crippen molar-refractivity contribution in [3.8, 4) is 0 Å². The number of hydrogen-bond acceptors (Lipinski definition) is 4. The van der Waals surface area contributed by atoms with Crippen LogP contribution in [0.5, 0.6) is 0 Å². The molecule has 5 nitrogen and oxygen atoms in total. The summed E-state index contributed by atoms with van der Waals surface area (Å²) in [5.41, 5.74) is -0.294. The number of aliphatic hydroxyl groups excluding tert-OH is 1. The van der Waals surface area contributed by atoms with Crippen molar-refractivity contribution in [2.24, 2.45) is 0 Å². The molecule has 0 bridgehead atoms. The molecule has 0 saturated heterocycles. The quantitative estimate of drug-likeness (QED) is 0.701. The molecule has 0 fully saturated rings. The van der Waals surface area contributed by atoms with Gasteiger partial charge in [0.2, 0.25) is 0 Å². The first-order chi connectivity index (χ1) is 7.62. The van der Waals surface area contributed by atoms with Gasteiger partial charge in [-0.15, -0.1) is 0 Å². The van der Waals surface area contributed by atoms with Gasteiger partial charge in [0.15, 0.2) is 0 Å². The predicted molar refractivity (Wildman–Crippen MR) is 66.1 cm³/mol. The number of carbonyl (C=O) groups is 1. The molecule has 5 heteroatoms. The van der Waals surface area contributed by atoms with Crippen LogP contribution in [0.25, 0.3) is 0 Å². The van der Waals surface area contributed by atoms with E-state index in [0.29, 0.717) is 6.54 Å². The normalized spacial score (nSPS) is 14.4. The number of rotatable bonds is 7. The van der Waals surface area contributed by atoms with E-state index in [4.69, 9.17) is 9.84 Å². The van der Waals surface area contributed by atoms with Crippen LogP contribution in [-0.4, -0.2) is 58.5 Å². The van der Waals surface area contributed by atoms with Crippen LogP contribution < -0.4 is 0 Å². The summed E-state index contributed by atoms with van der Waals surface area (Å²) in [7, 11) is 0. The second-order valence-electron chi connectivity index (χ2n) is 5.48. The maximum atomic E-state index is 10.7. The highest BCUT2D eigenvalue weighted by molar-refractivity contribution is 5.69. The highest BCUT2D eigenvalue weighted by atomic mass is 16.5. The highest BCUT2D eigenvalue weighted by Gasteiger charge is 2.25. The first-order valence-electron chi connectivity index (χ1n) is 5.89. The first kappa shape index (κ1) is 16.4. The summed E-state index contributed by atoms with van der Waals surface area (Å²) >= 11 is 0. The van der Waals surface area contributed by atoms with Gasteiger partial charge in [-0.1, -0.05) is 0 Å². The standard InChI is InChI=1S/C12H25NO4/c1-9(2)17-8-10(14)6-13(7-11(15)16)12(3,4)5/h9-10,14H,6-8H2,1-5H3,(H,15,16). The fraction of sp³-hybridized carbons (Fsp3) is 0.917. The van der Waals surface area contributed by atoms with E-state index in [1.54, 1.807) is 4.90 Å². The lowest BCUT2D eigenvalue weighted by Crippen LogP contribution is -2.48. The molecule has 0 aromatic heterocycles. The van der Waals surface area contributed by atoms with Gasteiger partial charge in [0.05, 0.1) is 25.4 Å². The average Bonchev–Trinajstić information content (AvgIpc) is 2.11. The van der Waals surface area contributed by atoms with Gasteiger partial charge in [0.25, 0.3) is 0 Å². The summed E-state index contributed by atoms with van der Waals surface area (Å²) in [5.74, 6) is -0.892. The van der Waals surface area contributed by atoms with Crippen molar-refractivity contribution in [1.82, 2.24) is 4.90 Å². The summed E-state index contributed by atoms with van der Waals surface area (Å²) in [6.07, 6.45) is -0.608. The second-order valence-corrected chi connectivity index (χ2v) is 5.48. The van der Waals surface area contributed by atoms with Crippen LogP contribution in [0.3, 0.4) is 0 Å². The zero-order valence-corrected chi connectivity index (χ0v) is 11.4. The fourth-order valence-electron chi connectivity index (χ4n) is 1.35. The molecule has 0 radical (unpaired) electrons. The number of aliphatic hydroxyl groups is 1. The SMILES string of the molecule is CC(C)OCC(O)CN(CC(=O)O)C(C)(C)C. The smallest absolute Gasteiger partial charge is 0.317 e. The van der Waals surface area contributed by atoms with E-state index in [2.05, 4.69) is 0 Å². The van der Waals surface area contributed by atoms with Gasteiger partial charge in [-0.25, -0.2) is 0 Å². The van der Waals surface area contributed by atoms with Crippen molar-refractivity contribution < 1.29 is 19.7 Å². The molecule has 0 aliphatic carbocycles. The summed E-state index contributed by atoms with van der Waals surface area (Å²) in [4.78, 5) is 12.5. The Morgan fingerprint density at radius 2 is 1.88 bits per heavy atom. The molecule has 1 unspecified atom stereocenters. The van der Waals surface area contributed by atoms with Gasteiger partial charge in [-0.3, -0.25) is 9.69 Å². The number of carboxylic acid groups (broad SMARTS) is 1. The van der Waals surface area contributed by atoms with Gasteiger partial charge in [-0.05, 0) is 34.6 Å². The molecule has 0 aliphatic rings. The third-order valence-electron chi connectivity index (χ3n) is 2.33. The van der Waals surface area contributed by atoms with Crippen LogP contribution in [0, 0.1) is 0 Å². The van der Waals surface area contributed by atoms with Crippen molar-refractivity contribution in [3.63, 3.8) is 0 Å². The lowest BCUT2D eigenvalue weighted by molar-refractivity contribution is -0.140. The minimum atomic E-state index is -0.892. The Balaban J connectivity index is 4.28. The number of β-amino-alcohol motifs (C(OH)–C–C–N with tert-alkyl or cyclic N) is 1. The minimum absolute atomic E-state index is 0.0622. The van der Waals surface area contributed by atoms with E-state index in [-0.39, 0.29) is 24.8 Å². The van der Waals surface area contributed by atoms with Crippen LogP contribution in [-0.2, 0) is 9.53 Å². The molecular weight excluding hydrogens is 222 g/mol. The van der Waals surface area contributed by atoms with Gasteiger partial charge in [0, 0.05) is 12.1 Å². The highest BCUT2D eigenvalue weighted by Crippen LogP contribution is 2.13. The Morgan fingerprint density at radius 1 is 1.35 bits per heavy atom. The third kappa shape index (κ3) is 8.12. The molecule has 2 N–H and O–H groups in total. The summed E-state index contributed by atoms with van der Waals surface area (Å²) in [6, 6.07) is 0. The molecule has 0 aromatic carbocycles. The third-order valence-corrected chi connectivity index (χ3v) is 2.33. The summed E-state index contributed by atoms with van der Waals surface area (Å²) in [5, 5.41) is 18.6. The molecule has 17 heavy (non-hydrogen) atoms. The average molecular weight is 247 g/mol. The molecule has 0 aromatic rings. The topological polar surface area (TPSA) is 70.0 Å². The molecule has 0 amide bonds. The monoisotopic (exact) mass is 247 g/mol. The number of aliphatic carboxylic acids is 1. The van der Waals surface area contributed by atoms with Crippen LogP contribution in [0.2, 0.25) is 0 Å². The molecule has 102 valence electrons. The van der Waals surface area contributed by atoms with Crippen molar-refractivity contribution in [3.05, 3.63) is 0 Å². The van der Waals surface area contributed by atoms with Gasteiger partial charge in [0.1, 0.15) is 0 Å². The lowest BCUT2D eigenvalue weighted by Gasteiger charge is -2.35. The van der Waals surface area contributed by atoms with Crippen LogP contribution in [0.15, 0.2) is 0 Å². The van der Waals surface area contributed by atoms with Crippen molar-refractivity contribution >= 4 is 5.97 Å². The Kier molecular flexibility index (Phi) is 6.67. The molecule has 0 spiro atoms. The fourth-order valence-corrected chi connectivity index (χ4v) is 1.35. The van der Waals surface area contributed by atoms with E-state index in [0.717, 1.165) is 0 Å². The predicted octanol–water partition coefficient (Wildman–Crippen LogP) is 0.957. The number of carboxylic acids is 1. The lowest BCUT2D eigenvalue weighted by atomic mass is 10.1. The van der Waals surface area contributed by atoms with Crippen molar-refractivity contribution in [2.45, 2.75) is 52.4 Å². The number of nitrogens with zero attached hydrogens (tertiary/aromatic N) is 1. The Bertz CT molecular complexity index is 235. The van der Waals surface area contributed by atoms with E-state index in [1.165, 1.54) is 0 Å². The first-order valence-corrected chi connectivity index (χ1v) is 5.89. The molecule has 0 aliphatic heterocycles. The van der Waals surface area contributed by atoms with Gasteiger partial charge in [-0.2, -0.15) is 0 Å². The largest absolute Gasteiger partial charge is 0.480 e. The van der Waals surface area contributed by atoms with E-state index in [9.17, 15) is 9.90 Å². The van der Waals surface area contributed by atoms with Crippen molar-refractivity contribution in [1.29, 1.82) is 0 Å². The Morgan fingerprint density at radius 3 is 2.24 bits per heavy atom. The molecule has 0 rings (SSSR count). The number of ether oxygens (including phenoxy) is 1. The molecular formula is C12H25NO4. The van der Waals surface area contributed by atoms with Crippen LogP contribution in [0.1, 0.15) is 34.6 Å². The van der Waals surface area contributed by atoms with E-state index >= 15 is 0 Å². The zero-order valence-electron chi connectivity index (χ0n) is 11.4. The van der Waals surface area contributed by atoms with Gasteiger partial charge < -0.3 is 14.9 Å². The molecule has 0 heterocycles. The van der Waals surface area contributed by atoms with Gasteiger partial charge >= 0.3 is 5.97 Å². The zero-order chi connectivity index (χ0) is 13.6. The maximum absolute atomic E-state index is 10.7. The summed E-state index contributed by atoms with van der Waals surface area (Å²) in [6.45, 7) is 10.00. The maximum Gasteiger partial charge on any atom is 0.317 e.